The maximum Gasteiger partial charge on any atom is 0.262 e. The number of likely N-dealkylation sites (N-methyl/N-ethyl adjacent to an activating group) is 1. The van der Waals surface area contributed by atoms with Crippen LogP contribution in [0.4, 0.5) is 21.5 Å². The Labute approximate surface area is 181 Å². The smallest absolute Gasteiger partial charge is 0.262 e. The number of nitrogens with two attached hydrogens (primary N) is 1. The molecule has 160 valence electrons. The Hall–Kier alpha value is -3.54. The zero-order valence-corrected chi connectivity index (χ0v) is 17.7. The molecule has 3 rings (SSSR count). The average molecular weight is 422 g/mol. The molecule has 1 saturated heterocycles. The minimum absolute atomic E-state index is 0.186. The van der Waals surface area contributed by atoms with Crippen molar-refractivity contribution < 1.29 is 14.5 Å². The first-order valence-corrected chi connectivity index (χ1v) is 10.0. The van der Waals surface area contributed by atoms with Gasteiger partial charge in [-0.1, -0.05) is 0 Å². The number of carbonyl (C=O) groups is 1. The second-order valence-electron chi connectivity index (χ2n) is 7.53. The lowest BCUT2D eigenvalue weighted by Crippen LogP contribution is -2.75. The fraction of sp³-hybridized carbons (Fsp3) is 0.261. The van der Waals surface area contributed by atoms with Crippen LogP contribution in [0, 0.1) is 22.6 Å². The summed E-state index contributed by atoms with van der Waals surface area (Å²) in [5, 5.41) is 21.8. The molecule has 0 saturated carbocycles. The number of anilines is 2. The molecule has 31 heavy (non-hydrogen) atoms. The van der Waals surface area contributed by atoms with Gasteiger partial charge in [-0.3, -0.25) is 10.1 Å². The van der Waals surface area contributed by atoms with Crippen molar-refractivity contribution in [3.8, 4) is 6.07 Å². The minimum Gasteiger partial charge on any atom is -0.368 e. The van der Waals surface area contributed by atoms with Crippen molar-refractivity contribution in [1.82, 2.24) is 4.90 Å². The number of carbonyl (C=O) groups excluding carboxylic acids is 1. The molecule has 0 spiro atoms. The van der Waals surface area contributed by atoms with Crippen molar-refractivity contribution in [3.63, 3.8) is 0 Å². The molecule has 7 nitrogen and oxygen atoms in total. The predicted molar refractivity (Wildman–Crippen MR) is 119 cm³/mol. The average Bonchev–Trinajstić information content (AvgIpc) is 2.76. The Morgan fingerprint density at radius 1 is 1.19 bits per heavy atom. The van der Waals surface area contributed by atoms with Crippen LogP contribution < -0.4 is 15.5 Å². The van der Waals surface area contributed by atoms with Gasteiger partial charge in [-0.2, -0.15) is 5.26 Å². The first-order valence-electron chi connectivity index (χ1n) is 10.0. The van der Waals surface area contributed by atoms with Crippen LogP contribution in [0.1, 0.15) is 12.5 Å². The quantitative estimate of drug-likeness (QED) is 0.378. The minimum atomic E-state index is -0.443. The molecule has 1 aliphatic rings. The molecule has 8 heteroatoms. The zero-order chi connectivity index (χ0) is 22.4. The highest BCUT2D eigenvalue weighted by Crippen LogP contribution is 2.25. The van der Waals surface area contributed by atoms with E-state index in [0.717, 1.165) is 43.8 Å². The van der Waals surface area contributed by atoms with E-state index in [-0.39, 0.29) is 11.4 Å². The lowest BCUT2D eigenvalue weighted by Gasteiger charge is -2.34. The van der Waals surface area contributed by atoms with E-state index in [9.17, 15) is 14.4 Å². The Morgan fingerprint density at radius 2 is 1.87 bits per heavy atom. The Morgan fingerprint density at radius 3 is 2.48 bits per heavy atom. The number of rotatable bonds is 6. The number of nitrogens with one attached hydrogen (secondary N) is 2. The van der Waals surface area contributed by atoms with Gasteiger partial charge in [0.25, 0.3) is 5.91 Å². The van der Waals surface area contributed by atoms with Gasteiger partial charge in [-0.15, -0.1) is 0 Å². The zero-order valence-electron chi connectivity index (χ0n) is 17.7. The van der Waals surface area contributed by atoms with E-state index in [1.54, 1.807) is 36.5 Å². The molecule has 0 unspecified atom stereocenters. The highest BCUT2D eigenvalue weighted by Gasteiger charge is 2.19. The van der Waals surface area contributed by atoms with Gasteiger partial charge in [-0.25, -0.2) is 4.39 Å². The number of nitriles is 1. The molecule has 2 aromatic rings. The van der Waals surface area contributed by atoms with Crippen molar-refractivity contribution in [3.05, 3.63) is 65.1 Å². The topological polar surface area (TPSA) is 99.8 Å². The fourth-order valence-electron chi connectivity index (χ4n) is 3.47. The molecule has 0 aliphatic carbocycles. The first kappa shape index (κ1) is 22.2. The summed E-state index contributed by atoms with van der Waals surface area (Å²) in [6, 6.07) is 13.4. The van der Waals surface area contributed by atoms with Crippen LogP contribution >= 0.6 is 0 Å². The monoisotopic (exact) mass is 421 g/mol. The fourth-order valence-corrected chi connectivity index (χ4v) is 3.47. The largest absolute Gasteiger partial charge is 0.368 e. The van der Waals surface area contributed by atoms with E-state index in [2.05, 4.69) is 28.2 Å². The van der Waals surface area contributed by atoms with Gasteiger partial charge in [0, 0.05) is 57.1 Å². The Kier molecular flexibility index (Phi) is 7.13. The number of hydrogen-bond donors (Lipinski definition) is 3. The highest BCUT2D eigenvalue weighted by molar-refractivity contribution is 6.17. The molecule has 4 N–H and O–H groups in total. The summed E-state index contributed by atoms with van der Waals surface area (Å²) in [5.74, 6) is -0.779. The second-order valence-corrected chi connectivity index (χ2v) is 7.53. The van der Waals surface area contributed by atoms with Crippen LogP contribution in [0.3, 0.4) is 0 Å². The SMILES string of the molecule is CC([NH2+]c1ccc(F)cc1)=C(C=N)C(=O)Nc1ccc(N2CCN(C)CC2)c(C#N)c1. The van der Waals surface area contributed by atoms with E-state index in [4.69, 9.17) is 5.41 Å². The number of allylic oxidation sites excluding steroid dienone is 1. The summed E-state index contributed by atoms with van der Waals surface area (Å²) in [6.45, 7) is 5.27. The van der Waals surface area contributed by atoms with Crippen molar-refractivity contribution in [2.45, 2.75) is 6.92 Å². The highest BCUT2D eigenvalue weighted by atomic mass is 19.1. The number of piperazine rings is 1. The molecule has 0 radical (unpaired) electrons. The van der Waals surface area contributed by atoms with E-state index in [0.29, 0.717) is 16.9 Å². The molecule has 1 fully saturated rings. The maximum absolute atomic E-state index is 13.1. The summed E-state index contributed by atoms with van der Waals surface area (Å²) < 4.78 is 13.1. The summed E-state index contributed by atoms with van der Waals surface area (Å²) >= 11 is 0. The van der Waals surface area contributed by atoms with Gasteiger partial charge >= 0.3 is 0 Å². The van der Waals surface area contributed by atoms with E-state index < -0.39 is 5.91 Å². The molecule has 0 bridgehead atoms. The third-order valence-electron chi connectivity index (χ3n) is 5.29. The van der Waals surface area contributed by atoms with Gasteiger partial charge < -0.3 is 20.5 Å². The number of nitrogens with zero attached hydrogens (tertiary/aromatic N) is 3. The van der Waals surface area contributed by atoms with Crippen LogP contribution in [0.2, 0.25) is 0 Å². The molecule has 1 amide bonds. The van der Waals surface area contributed by atoms with Crippen LogP contribution in [0.5, 0.6) is 0 Å². The molecular weight excluding hydrogens is 395 g/mol. The van der Waals surface area contributed by atoms with Gasteiger partial charge in [0.15, 0.2) is 0 Å². The van der Waals surface area contributed by atoms with E-state index in [1.165, 1.54) is 12.1 Å². The lowest BCUT2D eigenvalue weighted by atomic mass is 10.1. The maximum atomic E-state index is 13.1. The molecule has 0 aromatic heterocycles. The number of amides is 1. The summed E-state index contributed by atoms with van der Waals surface area (Å²) in [5.41, 5.74) is 3.34. The number of halogens is 1. The lowest BCUT2D eigenvalue weighted by molar-refractivity contribution is -0.517. The van der Waals surface area contributed by atoms with Crippen LogP contribution in [-0.2, 0) is 4.79 Å². The number of benzene rings is 2. The first-order chi connectivity index (χ1) is 14.9. The van der Waals surface area contributed by atoms with Gasteiger partial charge in [0.05, 0.1) is 11.3 Å². The van der Waals surface area contributed by atoms with Gasteiger partial charge in [0.1, 0.15) is 28.8 Å². The van der Waals surface area contributed by atoms with Crippen LogP contribution in [0.15, 0.2) is 53.7 Å². The molecule has 1 aliphatic heterocycles. The molecule has 2 aromatic carbocycles. The second kappa shape index (κ2) is 9.98. The van der Waals surface area contributed by atoms with E-state index >= 15 is 0 Å². The normalized spacial score (nSPS) is 15.1. The van der Waals surface area contributed by atoms with Gasteiger partial charge in [0.2, 0.25) is 0 Å². The standard InChI is InChI=1S/C23H25FN6O/c1-16(27-19-5-3-18(24)4-6-19)21(15-26)23(31)28-20-7-8-22(17(13-20)14-25)30-11-9-29(2)10-12-30/h3-8,13,15,26-27H,9-12H2,1-2H3,(H,28,31)/p+1. The molecule has 1 heterocycles. The Bertz CT molecular complexity index is 1030. The third kappa shape index (κ3) is 5.54. The van der Waals surface area contributed by atoms with Crippen LogP contribution in [-0.4, -0.2) is 50.2 Å². The van der Waals surface area contributed by atoms with E-state index in [1.807, 2.05) is 6.07 Å². The Balaban J connectivity index is 1.75. The number of quaternary nitrogens is 1. The summed E-state index contributed by atoms with van der Waals surface area (Å²) in [7, 11) is 2.07. The van der Waals surface area contributed by atoms with Crippen molar-refractivity contribution in [1.29, 1.82) is 10.7 Å². The molecule has 0 atom stereocenters. The molecular formula is C23H26FN6O+. The van der Waals surface area contributed by atoms with Crippen molar-refractivity contribution in [2.24, 2.45) is 0 Å². The third-order valence-corrected chi connectivity index (χ3v) is 5.29. The van der Waals surface area contributed by atoms with Crippen LogP contribution in [0.25, 0.3) is 0 Å². The van der Waals surface area contributed by atoms with Crippen molar-refractivity contribution in [2.75, 3.05) is 43.4 Å². The van der Waals surface area contributed by atoms with Crippen molar-refractivity contribution >= 4 is 29.2 Å². The van der Waals surface area contributed by atoms with Gasteiger partial charge in [-0.05, 0) is 37.4 Å². The summed E-state index contributed by atoms with van der Waals surface area (Å²) in [4.78, 5) is 17.2. The number of hydrogen-bond acceptors (Lipinski definition) is 5. The summed E-state index contributed by atoms with van der Waals surface area (Å²) in [6.07, 6.45) is 0.995. The predicted octanol–water partition coefficient (Wildman–Crippen LogP) is 2.21.